The van der Waals surface area contributed by atoms with E-state index in [0.29, 0.717) is 39.6 Å². The van der Waals surface area contributed by atoms with Gasteiger partial charge in [0.15, 0.2) is 23.0 Å². The maximum Gasteiger partial charge on any atom is 0.204 e. The molecule has 0 amide bonds. The van der Waals surface area contributed by atoms with Crippen LogP contribution in [0.25, 0.3) is 97.0 Å². The van der Waals surface area contributed by atoms with Gasteiger partial charge in [0.2, 0.25) is 11.5 Å². The lowest BCUT2D eigenvalue weighted by molar-refractivity contribution is 0.236. The summed E-state index contributed by atoms with van der Waals surface area (Å²) in [7, 11) is 0. The molecule has 0 saturated carbocycles. The van der Waals surface area contributed by atoms with Crippen LogP contribution in [-0.4, -0.2) is 46.2 Å². The Morgan fingerprint density at radius 3 is 0.789 bits per heavy atom. The molecule has 0 heterocycles. The molecule has 0 aliphatic heterocycles. The predicted molar refractivity (Wildman–Crippen MR) is 473 cm³/mol. The first-order valence-corrected chi connectivity index (χ1v) is 44.5. The van der Waals surface area contributed by atoms with Crippen molar-refractivity contribution < 1.29 is 33.2 Å². The zero-order valence-electron chi connectivity index (χ0n) is 68.9. The van der Waals surface area contributed by atoms with Crippen molar-refractivity contribution >= 4 is 97.0 Å². The van der Waals surface area contributed by atoms with Gasteiger partial charge >= 0.3 is 0 Å². The highest BCUT2D eigenvalue weighted by Gasteiger charge is 2.24. The monoisotopic (exact) mass is 1480 g/mol. The van der Waals surface area contributed by atoms with Crippen LogP contribution in [0.5, 0.6) is 40.2 Å². The Kier molecular flexibility index (Phi) is 36.6. The summed E-state index contributed by atoms with van der Waals surface area (Å²) in [6.07, 6.45) is 47.3. The zero-order valence-corrected chi connectivity index (χ0v) is 68.9. The van der Waals surface area contributed by atoms with Crippen LogP contribution in [-0.2, 0) is 0 Å². The van der Waals surface area contributed by atoms with Crippen LogP contribution in [0.2, 0.25) is 0 Å². The average Bonchev–Trinajstić information content (AvgIpc) is 0.744. The van der Waals surface area contributed by atoms with E-state index in [9.17, 15) is 0 Å². The SMILES string of the molecule is CCCCCCCCOc1cc2cc3ccc4cc5cc(OCCCCCCCC)c(OCCCCCCCC)c(OCCCCCCCC)c5c5ccc(ccc6cc7ccc(OCCCCCC)cc7c7ccc(ccc8ccc(c3c8)c2c(OCCCCCCCC)c1OCCCCCCCC)cc67)cc45. The summed E-state index contributed by atoms with van der Waals surface area (Å²) < 4.78 is 49.5. The first-order valence-electron chi connectivity index (χ1n) is 44.5. The van der Waals surface area contributed by atoms with E-state index in [1.165, 1.54) is 200 Å². The minimum absolute atomic E-state index is 0.602. The van der Waals surface area contributed by atoms with E-state index in [1.54, 1.807) is 0 Å². The Hall–Kier alpha value is -7.64. The maximum atomic E-state index is 7.32. The Bertz CT molecular complexity index is 4490. The first-order chi connectivity index (χ1) is 53.9. The third kappa shape index (κ3) is 25.2. The van der Waals surface area contributed by atoms with Crippen LogP contribution in [0.15, 0.2) is 140 Å². The molecule has 0 aromatic heterocycles. The summed E-state index contributed by atoms with van der Waals surface area (Å²) in [6, 6.07) is 53.5. The summed E-state index contributed by atoms with van der Waals surface area (Å²) in [5.41, 5.74) is 0. The molecule has 0 aliphatic rings. The second-order valence-electron chi connectivity index (χ2n) is 31.6. The normalized spacial score (nSPS) is 11.7. The Labute approximate surface area is 657 Å². The third-order valence-electron chi connectivity index (χ3n) is 22.4. The van der Waals surface area contributed by atoms with Crippen molar-refractivity contribution in [3.8, 4) is 40.2 Å². The molecule has 109 heavy (non-hydrogen) atoms. The van der Waals surface area contributed by atoms with Gasteiger partial charge in [0.25, 0.3) is 0 Å². The highest BCUT2D eigenvalue weighted by atomic mass is 16.5. The maximum absolute atomic E-state index is 7.32. The van der Waals surface area contributed by atoms with Gasteiger partial charge in [-0.2, -0.15) is 0 Å². The fourth-order valence-electron chi connectivity index (χ4n) is 16.0. The van der Waals surface area contributed by atoms with E-state index in [0.717, 1.165) is 200 Å². The van der Waals surface area contributed by atoms with Crippen molar-refractivity contribution in [2.24, 2.45) is 0 Å². The molecule has 10 aromatic carbocycles. The quantitative estimate of drug-likeness (QED) is 0.0278. The van der Waals surface area contributed by atoms with Crippen LogP contribution >= 0.6 is 0 Å². The van der Waals surface area contributed by atoms with E-state index in [1.807, 2.05) is 0 Å². The van der Waals surface area contributed by atoms with Gasteiger partial charge in [0, 0.05) is 10.8 Å². The van der Waals surface area contributed by atoms with E-state index in [2.05, 4.69) is 188 Å². The number of hydrogen-bond acceptors (Lipinski definition) is 7. The standard InChI is InChI=1S/C102H138O7/c1-8-15-22-29-35-42-63-104-95-75-85-73-82-55-56-83-74-86-76-96(105-64-43-36-30-23-16-9-2)100(107-66-45-38-32-25-18-11-4)102(109-68-47-40-34-27-20-13-6)98(86)90-61-53-80(71-93(83)90)50-54-81-72-84-57-58-87(103-62-41-28-21-14-7)77-94(84)88-59-51-78(69-91(81)88)48-49-79-52-60-89(92(82)70-79)97(85)101(108-67-46-39-33-26-19-12-5)99(95)106-65-44-37-31-24-17-10-3/h48-61,69-77H,8-47,62-68H2,1-7H3. The van der Waals surface area contributed by atoms with Crippen molar-refractivity contribution in [1.82, 2.24) is 0 Å². The number of fused-ring (bicyclic) bond motifs is 9. The molecule has 7 heteroatoms. The first kappa shape index (κ1) is 83.8. The molecule has 7 nitrogen and oxygen atoms in total. The lowest BCUT2D eigenvalue weighted by Crippen LogP contribution is -2.07. The average molecular weight is 1480 g/mol. The molecular formula is C102H138O7. The Balaban J connectivity index is 1.24. The van der Waals surface area contributed by atoms with E-state index >= 15 is 0 Å². The van der Waals surface area contributed by atoms with Crippen LogP contribution in [0.3, 0.4) is 0 Å². The van der Waals surface area contributed by atoms with Crippen molar-refractivity contribution in [2.75, 3.05) is 46.2 Å². The van der Waals surface area contributed by atoms with Crippen LogP contribution < -0.4 is 33.2 Å². The molecule has 0 aliphatic carbocycles. The number of benzene rings is 9. The van der Waals surface area contributed by atoms with Gasteiger partial charge in [0.05, 0.1) is 46.2 Å². The number of ether oxygens (including phenoxy) is 7. The lowest BCUT2D eigenvalue weighted by Gasteiger charge is -2.21. The van der Waals surface area contributed by atoms with Gasteiger partial charge in [-0.05, 0) is 192 Å². The second kappa shape index (κ2) is 47.5. The molecular weight excluding hydrogens is 1340 g/mol. The molecule has 10 aromatic rings. The van der Waals surface area contributed by atoms with Gasteiger partial charge in [-0.15, -0.1) is 0 Å². The Morgan fingerprint density at radius 1 is 0.174 bits per heavy atom. The zero-order chi connectivity index (χ0) is 75.9. The topological polar surface area (TPSA) is 64.6 Å². The van der Waals surface area contributed by atoms with Crippen molar-refractivity contribution in [3.63, 3.8) is 0 Å². The summed E-state index contributed by atoms with van der Waals surface area (Å²) in [5, 5.41) is 20.4. The molecule has 6 bridgehead atoms. The van der Waals surface area contributed by atoms with Crippen molar-refractivity contribution in [1.29, 1.82) is 0 Å². The van der Waals surface area contributed by atoms with Gasteiger partial charge in [-0.25, -0.2) is 0 Å². The molecule has 0 radical (unpaired) electrons. The molecule has 10 rings (SSSR count). The predicted octanol–water partition coefficient (Wildman–Crippen LogP) is 32.1. The highest BCUT2D eigenvalue weighted by molar-refractivity contribution is 6.22. The summed E-state index contributed by atoms with van der Waals surface area (Å²) in [6.45, 7) is 20.4. The molecule has 0 atom stereocenters. The molecule has 0 N–H and O–H groups in total. The third-order valence-corrected chi connectivity index (χ3v) is 22.4. The molecule has 0 spiro atoms. The summed E-state index contributed by atoms with van der Waals surface area (Å²) >= 11 is 0. The molecule has 0 unspecified atom stereocenters. The van der Waals surface area contributed by atoms with E-state index in [4.69, 9.17) is 33.2 Å². The molecule has 588 valence electrons. The molecule has 0 saturated heterocycles. The van der Waals surface area contributed by atoms with Gasteiger partial charge in [-0.3, -0.25) is 0 Å². The van der Waals surface area contributed by atoms with Gasteiger partial charge in [0.1, 0.15) is 5.75 Å². The van der Waals surface area contributed by atoms with Crippen LogP contribution in [0, 0.1) is 0 Å². The van der Waals surface area contributed by atoms with E-state index in [-0.39, 0.29) is 0 Å². The minimum atomic E-state index is 0.602. The minimum Gasteiger partial charge on any atom is -0.494 e. The summed E-state index contributed by atoms with van der Waals surface area (Å²) in [5.74, 6) is 5.57. The summed E-state index contributed by atoms with van der Waals surface area (Å²) in [4.78, 5) is 0. The largest absolute Gasteiger partial charge is 0.494 e. The number of unbranched alkanes of at least 4 members (excludes halogenated alkanes) is 33. The van der Waals surface area contributed by atoms with Gasteiger partial charge < -0.3 is 33.2 Å². The van der Waals surface area contributed by atoms with Crippen LogP contribution in [0.1, 0.15) is 305 Å². The smallest absolute Gasteiger partial charge is 0.204 e. The number of rotatable bonds is 54. The Morgan fingerprint density at radius 2 is 0.422 bits per heavy atom. The molecule has 0 fully saturated rings. The number of hydrogen-bond donors (Lipinski definition) is 0. The van der Waals surface area contributed by atoms with Gasteiger partial charge in [-0.1, -0.05) is 339 Å². The second-order valence-corrected chi connectivity index (χ2v) is 31.6. The van der Waals surface area contributed by atoms with Crippen molar-refractivity contribution in [3.05, 3.63) is 140 Å². The van der Waals surface area contributed by atoms with E-state index < -0.39 is 0 Å². The van der Waals surface area contributed by atoms with Crippen LogP contribution in [0.4, 0.5) is 0 Å². The fourth-order valence-corrected chi connectivity index (χ4v) is 16.0. The fraction of sp³-hybridized carbons (Fsp3) is 0.529. The lowest BCUT2D eigenvalue weighted by atomic mass is 9.95. The highest BCUT2D eigenvalue weighted by Crippen LogP contribution is 2.50. The van der Waals surface area contributed by atoms with Crippen molar-refractivity contribution in [2.45, 2.75) is 305 Å².